The largest absolute Gasteiger partial charge is 0.392 e. The molecule has 0 spiro atoms. The predicted molar refractivity (Wildman–Crippen MR) is 85.8 cm³/mol. The summed E-state index contributed by atoms with van der Waals surface area (Å²) < 4.78 is 12.1. The smallest absolute Gasteiger partial charge is 0.332 e. The molecule has 4 heteroatoms. The van der Waals surface area contributed by atoms with E-state index in [0.29, 0.717) is 12.7 Å². The highest BCUT2D eigenvalue weighted by molar-refractivity contribution is 6.64. The Hall–Kier alpha value is -0.713. The fourth-order valence-electron chi connectivity index (χ4n) is 2.18. The van der Waals surface area contributed by atoms with Gasteiger partial charge < -0.3 is 8.85 Å². The first-order valence-electron chi connectivity index (χ1n) is 7.74. The van der Waals surface area contributed by atoms with E-state index in [0.717, 1.165) is 12.0 Å². The van der Waals surface area contributed by atoms with Crippen LogP contribution in [0.3, 0.4) is 0 Å². The van der Waals surface area contributed by atoms with Gasteiger partial charge in [-0.25, -0.2) is 0 Å². The summed E-state index contributed by atoms with van der Waals surface area (Å²) in [7, 11) is -2.05. The molecule has 0 fully saturated rings. The highest BCUT2D eigenvalue weighted by Crippen LogP contribution is 2.16. The third-order valence-corrected chi connectivity index (χ3v) is 5.07. The normalized spacial score (nSPS) is 13.4. The molecule has 0 saturated heterocycles. The molecule has 1 heterocycles. The van der Waals surface area contributed by atoms with E-state index in [2.05, 4.69) is 31.9 Å². The van der Waals surface area contributed by atoms with Crippen molar-refractivity contribution in [3.63, 3.8) is 0 Å². The molecule has 1 unspecified atom stereocenters. The molecule has 20 heavy (non-hydrogen) atoms. The minimum absolute atomic E-state index is 0.294. The lowest BCUT2D eigenvalue weighted by molar-refractivity contribution is 0.118. The first-order valence-corrected chi connectivity index (χ1v) is 10.6. The summed E-state index contributed by atoms with van der Waals surface area (Å²) >= 11 is 0. The molecule has 0 aliphatic rings. The zero-order valence-corrected chi connectivity index (χ0v) is 14.4. The Balaban J connectivity index is 2.25. The van der Waals surface area contributed by atoms with Crippen LogP contribution in [0.5, 0.6) is 0 Å². The van der Waals surface area contributed by atoms with Gasteiger partial charge in [-0.2, -0.15) is 0 Å². The summed E-state index contributed by atoms with van der Waals surface area (Å²) in [5.41, 5.74) is 1.10. The number of nitrogens with zero attached hydrogens (tertiary/aromatic N) is 1. The first-order chi connectivity index (χ1) is 9.53. The van der Waals surface area contributed by atoms with Crippen LogP contribution in [0.15, 0.2) is 24.5 Å². The monoisotopic (exact) mass is 295 g/mol. The quantitative estimate of drug-likeness (QED) is 0.464. The van der Waals surface area contributed by atoms with Crippen molar-refractivity contribution in [1.82, 2.24) is 4.98 Å². The molecule has 0 amide bonds. The van der Waals surface area contributed by atoms with E-state index in [-0.39, 0.29) is 0 Å². The summed E-state index contributed by atoms with van der Waals surface area (Å²) in [6, 6.07) is 3.97. The number of aromatic nitrogens is 1. The summed E-state index contributed by atoms with van der Waals surface area (Å²) in [5.74, 6) is 0. The molecule has 1 aromatic heterocycles. The van der Waals surface area contributed by atoms with Crippen molar-refractivity contribution in [1.29, 1.82) is 0 Å². The number of rotatable bonds is 10. The molecule has 114 valence electrons. The predicted octanol–water partition coefficient (Wildman–Crippen LogP) is 4.68. The summed E-state index contributed by atoms with van der Waals surface area (Å²) in [4.78, 5) is 4.10. The fourth-order valence-corrected chi connectivity index (χ4v) is 3.85. The van der Waals surface area contributed by atoms with Crippen LogP contribution < -0.4 is 0 Å². The highest BCUT2D eigenvalue weighted by Gasteiger charge is 2.27. The Morgan fingerprint density at radius 2 is 2.05 bits per heavy atom. The molecular formula is C16H29NO2Si. The molecule has 0 saturated carbocycles. The van der Waals surface area contributed by atoms with E-state index in [4.69, 9.17) is 8.85 Å². The maximum absolute atomic E-state index is 6.14. The summed E-state index contributed by atoms with van der Waals surface area (Å²) in [6.07, 6.45) is 10.2. The van der Waals surface area contributed by atoms with Crippen LogP contribution in [0, 0.1) is 0 Å². The standard InChI is InChI=1S/C16H29NO2Si/c1-5-6-7-8-10-15(2)19-20(3,4)18-14-16-11-9-12-17-13-16/h9,11-13,15H,5-8,10,14H2,1-4H3. The van der Waals surface area contributed by atoms with Crippen LogP contribution in [0.1, 0.15) is 51.5 Å². The van der Waals surface area contributed by atoms with Crippen molar-refractivity contribution >= 4 is 8.56 Å². The molecule has 3 nitrogen and oxygen atoms in total. The Morgan fingerprint density at radius 3 is 2.70 bits per heavy atom. The van der Waals surface area contributed by atoms with E-state index in [1.54, 1.807) is 6.20 Å². The van der Waals surface area contributed by atoms with E-state index < -0.39 is 8.56 Å². The van der Waals surface area contributed by atoms with Crippen molar-refractivity contribution in [3.05, 3.63) is 30.1 Å². The molecule has 0 radical (unpaired) electrons. The van der Waals surface area contributed by atoms with Crippen molar-refractivity contribution < 1.29 is 8.85 Å². The molecule has 0 N–H and O–H groups in total. The van der Waals surface area contributed by atoms with Gasteiger partial charge in [-0.3, -0.25) is 4.98 Å². The van der Waals surface area contributed by atoms with Crippen LogP contribution in [-0.2, 0) is 15.5 Å². The van der Waals surface area contributed by atoms with Gasteiger partial charge >= 0.3 is 8.56 Å². The van der Waals surface area contributed by atoms with Crippen molar-refractivity contribution in [2.75, 3.05) is 0 Å². The average Bonchev–Trinajstić information content (AvgIpc) is 2.42. The molecular weight excluding hydrogens is 266 g/mol. The summed E-state index contributed by atoms with van der Waals surface area (Å²) in [6.45, 7) is 9.23. The second-order valence-electron chi connectivity index (χ2n) is 5.83. The second kappa shape index (κ2) is 9.26. The van der Waals surface area contributed by atoms with E-state index in [1.165, 1.54) is 25.7 Å². The minimum Gasteiger partial charge on any atom is -0.392 e. The van der Waals surface area contributed by atoms with Gasteiger partial charge in [0.05, 0.1) is 6.61 Å². The molecule has 0 bridgehead atoms. The van der Waals surface area contributed by atoms with Gasteiger partial charge in [0, 0.05) is 18.5 Å². The summed E-state index contributed by atoms with van der Waals surface area (Å²) in [5, 5.41) is 0. The zero-order chi connectivity index (χ0) is 14.8. The second-order valence-corrected chi connectivity index (χ2v) is 9.15. The van der Waals surface area contributed by atoms with Crippen LogP contribution in [-0.4, -0.2) is 19.6 Å². The number of pyridine rings is 1. The fraction of sp³-hybridized carbons (Fsp3) is 0.688. The number of hydrogen-bond donors (Lipinski definition) is 0. The van der Waals surface area contributed by atoms with Crippen LogP contribution >= 0.6 is 0 Å². The van der Waals surface area contributed by atoms with Gasteiger partial charge in [0.15, 0.2) is 0 Å². The topological polar surface area (TPSA) is 31.4 Å². The van der Waals surface area contributed by atoms with Crippen molar-refractivity contribution in [3.8, 4) is 0 Å². The molecule has 1 aromatic rings. The maximum Gasteiger partial charge on any atom is 0.332 e. The highest BCUT2D eigenvalue weighted by atomic mass is 28.4. The van der Waals surface area contributed by atoms with Gasteiger partial charge in [0.2, 0.25) is 0 Å². The Labute approximate surface area is 125 Å². The maximum atomic E-state index is 6.14. The van der Waals surface area contributed by atoms with E-state index in [1.807, 2.05) is 18.3 Å². The van der Waals surface area contributed by atoms with Gasteiger partial charge in [0.25, 0.3) is 0 Å². The van der Waals surface area contributed by atoms with Gasteiger partial charge in [-0.1, -0.05) is 38.7 Å². The van der Waals surface area contributed by atoms with Crippen molar-refractivity contribution in [2.45, 2.75) is 71.8 Å². The van der Waals surface area contributed by atoms with Crippen LogP contribution in [0.4, 0.5) is 0 Å². The van der Waals surface area contributed by atoms with E-state index in [9.17, 15) is 0 Å². The SMILES string of the molecule is CCCCCCC(C)O[Si](C)(C)OCc1cccnc1. The van der Waals surface area contributed by atoms with Gasteiger partial charge in [-0.15, -0.1) is 0 Å². The molecule has 0 aliphatic carbocycles. The number of hydrogen-bond acceptors (Lipinski definition) is 3. The van der Waals surface area contributed by atoms with Gasteiger partial charge in [-0.05, 0) is 38.1 Å². The van der Waals surface area contributed by atoms with Crippen molar-refractivity contribution in [2.24, 2.45) is 0 Å². The third-order valence-electron chi connectivity index (χ3n) is 3.26. The van der Waals surface area contributed by atoms with Crippen LogP contribution in [0.2, 0.25) is 13.1 Å². The number of unbranched alkanes of at least 4 members (excludes halogenated alkanes) is 3. The Kier molecular flexibility index (Phi) is 8.03. The van der Waals surface area contributed by atoms with Crippen LogP contribution in [0.25, 0.3) is 0 Å². The molecule has 0 aliphatic heterocycles. The third kappa shape index (κ3) is 7.77. The van der Waals surface area contributed by atoms with E-state index >= 15 is 0 Å². The Morgan fingerprint density at radius 1 is 1.25 bits per heavy atom. The Bertz CT molecular complexity index is 357. The first kappa shape index (κ1) is 17.3. The lowest BCUT2D eigenvalue weighted by Gasteiger charge is -2.27. The molecule has 1 rings (SSSR count). The molecule has 0 aromatic carbocycles. The average molecular weight is 295 g/mol. The lowest BCUT2D eigenvalue weighted by Crippen LogP contribution is -2.38. The van der Waals surface area contributed by atoms with Gasteiger partial charge in [0.1, 0.15) is 0 Å². The molecule has 1 atom stereocenters. The zero-order valence-electron chi connectivity index (χ0n) is 13.4. The minimum atomic E-state index is -2.05. The lowest BCUT2D eigenvalue weighted by atomic mass is 10.1.